The maximum Gasteiger partial charge on any atom is 0.339 e. The quantitative estimate of drug-likeness (QED) is 0.271. The molecule has 1 heterocycles. The van der Waals surface area contributed by atoms with Crippen LogP contribution in [0.5, 0.6) is 17.2 Å². The van der Waals surface area contributed by atoms with E-state index in [1.54, 1.807) is 25.1 Å². The van der Waals surface area contributed by atoms with Gasteiger partial charge in [0.1, 0.15) is 28.7 Å². The van der Waals surface area contributed by atoms with Crippen LogP contribution < -0.4 is 20.4 Å². The van der Waals surface area contributed by atoms with Crippen molar-refractivity contribution >= 4 is 35.3 Å². The number of halogens is 3. The minimum Gasteiger partial charge on any atom is -0.507 e. The van der Waals surface area contributed by atoms with Gasteiger partial charge in [-0.05, 0) is 54.8 Å². The molecule has 0 unspecified atom stereocenters. The van der Waals surface area contributed by atoms with E-state index >= 15 is 0 Å². The smallest absolute Gasteiger partial charge is 0.339 e. The zero-order chi connectivity index (χ0) is 31.3. The first-order chi connectivity index (χ1) is 20.4. The van der Waals surface area contributed by atoms with Gasteiger partial charge in [-0.1, -0.05) is 17.7 Å². The number of methoxy groups -OCH3 is 1. The normalized spacial score (nSPS) is 15.7. The third-order valence-electron chi connectivity index (χ3n) is 6.59. The summed E-state index contributed by atoms with van der Waals surface area (Å²) in [6, 6.07) is 9.70. The number of carboxylic acids is 1. The average Bonchev–Trinajstić information content (AvgIpc) is 3.10. The number of benzene rings is 3. The van der Waals surface area contributed by atoms with Crippen LogP contribution in [0.4, 0.5) is 13.6 Å². The fourth-order valence-electron chi connectivity index (χ4n) is 4.41. The van der Waals surface area contributed by atoms with E-state index in [1.807, 2.05) is 0 Å². The fourth-order valence-corrected chi connectivity index (χ4v) is 4.60. The van der Waals surface area contributed by atoms with Crippen LogP contribution in [0.2, 0.25) is 5.02 Å². The second-order valence-electron chi connectivity index (χ2n) is 9.63. The van der Waals surface area contributed by atoms with Gasteiger partial charge in [-0.15, -0.1) is 0 Å². The molecule has 0 aromatic heterocycles. The molecule has 0 spiro atoms. The first-order valence-electron chi connectivity index (χ1n) is 12.9. The number of aromatic carboxylic acids is 1. The standard InChI is InChI=1S/C29H27ClF2N4O7/c1-15(16-3-5-23(28(39)40)24(37)9-16)34-29(41)36-14-26(35-43-22-11-20(31)10-21(32)12-22)33-13-18(27(36)38)7-17-8-19(30)4-6-25(17)42-2/h3-6,8-12,15,18,37H,7,13-14H2,1-2H3,(H,33,35)(H,34,41)(H,39,40)/t15-,18-/m1/s1. The van der Waals surface area contributed by atoms with Crippen molar-refractivity contribution in [2.24, 2.45) is 10.9 Å². The van der Waals surface area contributed by atoms with Gasteiger partial charge in [0.15, 0.2) is 11.6 Å². The summed E-state index contributed by atoms with van der Waals surface area (Å²) < 4.78 is 32.6. The lowest BCUT2D eigenvalue weighted by molar-refractivity contribution is -0.131. The molecule has 1 aliphatic heterocycles. The Balaban J connectivity index is 1.59. The van der Waals surface area contributed by atoms with Gasteiger partial charge in [0.05, 0.1) is 32.2 Å². The number of aliphatic imine (C=N–C) groups is 1. The Hall–Kier alpha value is -4.91. The predicted molar refractivity (Wildman–Crippen MR) is 151 cm³/mol. The van der Waals surface area contributed by atoms with E-state index in [9.17, 15) is 28.3 Å². The van der Waals surface area contributed by atoms with Gasteiger partial charge in [-0.2, -0.15) is 0 Å². The molecule has 0 bridgehead atoms. The number of amides is 3. The molecule has 4 rings (SSSR count). The molecule has 43 heavy (non-hydrogen) atoms. The topological polar surface area (TPSA) is 150 Å². The van der Waals surface area contributed by atoms with Crippen molar-refractivity contribution in [2.45, 2.75) is 19.4 Å². The Bertz CT molecular complexity index is 1570. The molecule has 14 heteroatoms. The molecule has 1 aliphatic rings. The van der Waals surface area contributed by atoms with Crippen molar-refractivity contribution in [3.63, 3.8) is 0 Å². The Morgan fingerprint density at radius 1 is 1.14 bits per heavy atom. The second kappa shape index (κ2) is 13.4. The summed E-state index contributed by atoms with van der Waals surface area (Å²) in [4.78, 5) is 49.0. The first kappa shape index (κ1) is 31.0. The molecule has 3 amide bonds. The first-order valence-corrected chi connectivity index (χ1v) is 13.3. The zero-order valence-electron chi connectivity index (χ0n) is 22.9. The van der Waals surface area contributed by atoms with Gasteiger partial charge in [-0.25, -0.2) is 23.9 Å². The van der Waals surface area contributed by atoms with Crippen molar-refractivity contribution in [3.05, 3.63) is 87.9 Å². The van der Waals surface area contributed by atoms with Crippen molar-refractivity contribution in [1.82, 2.24) is 15.7 Å². The maximum absolute atomic E-state index is 13.7. The fraction of sp³-hybridized carbons (Fsp3) is 0.241. The van der Waals surface area contributed by atoms with Crippen molar-refractivity contribution in [2.75, 3.05) is 20.2 Å². The second-order valence-corrected chi connectivity index (χ2v) is 10.1. The third kappa shape index (κ3) is 7.68. The summed E-state index contributed by atoms with van der Waals surface area (Å²) in [6.07, 6.45) is 0.110. The number of carbonyl (C=O) groups is 3. The lowest BCUT2D eigenvalue weighted by atomic mass is 9.97. The van der Waals surface area contributed by atoms with E-state index < -0.39 is 47.3 Å². The summed E-state index contributed by atoms with van der Waals surface area (Å²) in [5.41, 5.74) is 3.14. The highest BCUT2D eigenvalue weighted by molar-refractivity contribution is 6.30. The molecule has 3 aromatic carbocycles. The number of imide groups is 1. The number of nitrogens with zero attached hydrogens (tertiary/aromatic N) is 2. The van der Waals surface area contributed by atoms with Crippen LogP contribution in [-0.4, -0.2) is 59.1 Å². The summed E-state index contributed by atoms with van der Waals surface area (Å²) in [5.74, 6) is -4.70. The number of phenols is 1. The van der Waals surface area contributed by atoms with E-state index in [0.29, 0.717) is 28.0 Å². The van der Waals surface area contributed by atoms with Crippen LogP contribution in [0.3, 0.4) is 0 Å². The van der Waals surface area contributed by atoms with Gasteiger partial charge < -0.3 is 25.1 Å². The zero-order valence-corrected chi connectivity index (χ0v) is 23.7. The Kier molecular flexibility index (Phi) is 9.66. The maximum atomic E-state index is 13.7. The van der Waals surface area contributed by atoms with E-state index in [0.717, 1.165) is 17.0 Å². The van der Waals surface area contributed by atoms with Gasteiger partial charge >= 0.3 is 12.0 Å². The molecule has 0 aliphatic carbocycles. The lowest BCUT2D eigenvalue weighted by Gasteiger charge is -2.26. The molecule has 2 atom stereocenters. The average molecular weight is 617 g/mol. The molecule has 11 nitrogen and oxygen atoms in total. The summed E-state index contributed by atoms with van der Waals surface area (Å²) in [6.45, 7) is 1.11. The number of aromatic hydroxyl groups is 1. The molecular formula is C29H27ClF2N4O7. The Labute approximate surface area is 249 Å². The van der Waals surface area contributed by atoms with E-state index in [2.05, 4.69) is 15.8 Å². The summed E-state index contributed by atoms with van der Waals surface area (Å²) in [5, 5.41) is 22.3. The minimum atomic E-state index is -1.32. The number of carboxylic acid groups (broad SMARTS) is 1. The van der Waals surface area contributed by atoms with Crippen LogP contribution in [0.1, 0.15) is 34.5 Å². The van der Waals surface area contributed by atoms with Crippen molar-refractivity contribution < 1.29 is 43.0 Å². The number of nitrogens with one attached hydrogen (secondary N) is 2. The van der Waals surface area contributed by atoms with Crippen molar-refractivity contribution in [1.29, 1.82) is 0 Å². The van der Waals surface area contributed by atoms with Gasteiger partial charge in [0.25, 0.3) is 0 Å². The highest BCUT2D eigenvalue weighted by atomic mass is 35.5. The monoisotopic (exact) mass is 616 g/mol. The summed E-state index contributed by atoms with van der Waals surface area (Å²) in [7, 11) is 1.47. The summed E-state index contributed by atoms with van der Waals surface area (Å²) >= 11 is 6.16. The molecule has 4 N–H and O–H groups in total. The molecule has 0 saturated heterocycles. The van der Waals surface area contributed by atoms with E-state index in [4.69, 9.17) is 26.3 Å². The number of urea groups is 1. The molecule has 0 radical (unpaired) electrons. The van der Waals surface area contributed by atoms with Crippen LogP contribution in [0, 0.1) is 17.6 Å². The molecule has 0 fully saturated rings. The van der Waals surface area contributed by atoms with Crippen LogP contribution in [0.15, 0.2) is 59.6 Å². The number of hydrogen-bond donors (Lipinski definition) is 4. The molecular weight excluding hydrogens is 590 g/mol. The number of ether oxygens (including phenoxy) is 1. The lowest BCUT2D eigenvalue weighted by Crippen LogP contribution is -2.50. The van der Waals surface area contributed by atoms with Gasteiger partial charge in [0.2, 0.25) is 5.91 Å². The number of amidine groups is 1. The number of hydrogen-bond acceptors (Lipinski definition) is 8. The third-order valence-corrected chi connectivity index (χ3v) is 6.83. The van der Waals surface area contributed by atoms with Gasteiger partial charge in [-0.3, -0.25) is 14.7 Å². The van der Waals surface area contributed by atoms with E-state index in [-0.39, 0.29) is 36.7 Å². The molecule has 0 saturated carbocycles. The van der Waals surface area contributed by atoms with E-state index in [1.165, 1.54) is 25.3 Å². The molecule has 226 valence electrons. The number of carbonyl (C=O) groups excluding carboxylic acids is 2. The highest BCUT2D eigenvalue weighted by Crippen LogP contribution is 2.27. The molecule has 3 aromatic rings. The SMILES string of the molecule is COc1ccc(Cl)cc1C[C@@H]1CN=C(NOc2cc(F)cc(F)c2)CN(C(=O)N[C@H](C)c2ccc(C(=O)O)c(O)c2)C1=O. The highest BCUT2D eigenvalue weighted by Gasteiger charge is 2.34. The minimum absolute atomic E-state index is 0.0184. The van der Waals surface area contributed by atoms with Crippen LogP contribution in [-0.2, 0) is 11.2 Å². The van der Waals surface area contributed by atoms with Crippen LogP contribution >= 0.6 is 11.6 Å². The largest absolute Gasteiger partial charge is 0.507 e. The number of rotatable bonds is 8. The van der Waals surface area contributed by atoms with Crippen LogP contribution in [0.25, 0.3) is 0 Å². The Morgan fingerprint density at radius 3 is 2.51 bits per heavy atom. The van der Waals surface area contributed by atoms with Crippen molar-refractivity contribution in [3.8, 4) is 17.2 Å². The predicted octanol–water partition coefficient (Wildman–Crippen LogP) is 4.48. The van der Waals surface area contributed by atoms with Gasteiger partial charge in [0, 0.05) is 23.2 Å². The Morgan fingerprint density at radius 2 is 1.86 bits per heavy atom. The number of hydroxylamine groups is 1.